The van der Waals surface area contributed by atoms with Crippen molar-refractivity contribution < 1.29 is 4.79 Å². The molecule has 0 atom stereocenters. The molecule has 1 aromatic heterocycles. The lowest BCUT2D eigenvalue weighted by Gasteiger charge is -2.22. The highest BCUT2D eigenvalue weighted by molar-refractivity contribution is 5.76. The van der Waals surface area contributed by atoms with Crippen molar-refractivity contribution in [2.75, 3.05) is 11.9 Å². The summed E-state index contributed by atoms with van der Waals surface area (Å²) in [6.07, 6.45) is 0. The first-order valence-corrected chi connectivity index (χ1v) is 9.17. The zero-order valence-electron chi connectivity index (χ0n) is 16.1. The molecule has 0 bridgehead atoms. The molecule has 0 radical (unpaired) electrons. The Morgan fingerprint density at radius 3 is 2.29 bits per heavy atom. The first-order valence-electron chi connectivity index (χ1n) is 9.17. The summed E-state index contributed by atoms with van der Waals surface area (Å²) in [4.78, 5) is 31.4. The number of benzene rings is 2. The van der Waals surface area contributed by atoms with Crippen molar-refractivity contribution in [3.63, 3.8) is 0 Å². The normalized spacial score (nSPS) is 10.5. The van der Waals surface area contributed by atoms with Crippen molar-refractivity contribution in [2.24, 2.45) is 0 Å². The highest BCUT2D eigenvalue weighted by atomic mass is 16.2. The molecule has 1 heterocycles. The van der Waals surface area contributed by atoms with Gasteiger partial charge in [0.15, 0.2) is 0 Å². The van der Waals surface area contributed by atoms with Crippen molar-refractivity contribution in [3.8, 4) is 0 Å². The number of hydrogen-bond acceptors (Lipinski definition) is 4. The summed E-state index contributed by atoms with van der Waals surface area (Å²) < 4.78 is 1.41. The third-order valence-corrected chi connectivity index (χ3v) is 4.35. The second-order valence-electron chi connectivity index (χ2n) is 6.73. The van der Waals surface area contributed by atoms with Crippen LogP contribution >= 0.6 is 0 Å². The lowest BCUT2D eigenvalue weighted by molar-refractivity contribution is -0.121. The van der Waals surface area contributed by atoms with E-state index in [1.54, 1.807) is 6.92 Å². The molecule has 6 nitrogen and oxygen atoms in total. The fraction of sp³-hybridized carbons (Fsp3) is 0.227. The van der Waals surface area contributed by atoms with E-state index in [0.29, 0.717) is 24.7 Å². The van der Waals surface area contributed by atoms with Crippen LogP contribution in [0.5, 0.6) is 0 Å². The van der Waals surface area contributed by atoms with E-state index >= 15 is 0 Å². The molecule has 2 aromatic carbocycles. The monoisotopic (exact) mass is 376 g/mol. The SMILES string of the molecule is Cc1cc(=O)n(CC(=O)NCc2ccccc2)c(N(C)Cc2ccccc2)n1. The van der Waals surface area contributed by atoms with Gasteiger partial charge in [0.2, 0.25) is 11.9 Å². The molecule has 1 N–H and O–H groups in total. The zero-order valence-corrected chi connectivity index (χ0v) is 16.1. The number of nitrogens with zero attached hydrogens (tertiary/aromatic N) is 3. The largest absolute Gasteiger partial charge is 0.350 e. The van der Waals surface area contributed by atoms with Gasteiger partial charge < -0.3 is 10.2 Å². The highest BCUT2D eigenvalue weighted by Gasteiger charge is 2.15. The molecule has 0 fully saturated rings. The van der Waals surface area contributed by atoms with Gasteiger partial charge in [-0.2, -0.15) is 0 Å². The third kappa shape index (κ3) is 5.07. The van der Waals surface area contributed by atoms with E-state index in [-0.39, 0.29) is 18.0 Å². The number of carbonyl (C=O) groups is 1. The predicted molar refractivity (Wildman–Crippen MR) is 110 cm³/mol. The van der Waals surface area contributed by atoms with Crippen molar-refractivity contribution in [3.05, 3.63) is 93.9 Å². The fourth-order valence-corrected chi connectivity index (χ4v) is 2.97. The van der Waals surface area contributed by atoms with Crippen LogP contribution in [0.25, 0.3) is 0 Å². The second kappa shape index (κ2) is 8.99. The van der Waals surface area contributed by atoms with Gasteiger partial charge >= 0.3 is 0 Å². The van der Waals surface area contributed by atoms with Crippen LogP contribution in [-0.4, -0.2) is 22.5 Å². The van der Waals surface area contributed by atoms with Gasteiger partial charge in [0.1, 0.15) is 6.54 Å². The second-order valence-corrected chi connectivity index (χ2v) is 6.73. The Kier molecular flexibility index (Phi) is 6.22. The standard InChI is InChI=1S/C22H24N4O2/c1-17-13-21(28)26(16-20(27)23-14-18-9-5-3-6-10-18)22(24-17)25(2)15-19-11-7-4-8-12-19/h3-13H,14-16H2,1-2H3,(H,23,27). The summed E-state index contributed by atoms with van der Waals surface area (Å²) in [6.45, 7) is 2.71. The first-order chi connectivity index (χ1) is 13.5. The Hall–Kier alpha value is -3.41. The molecule has 0 aliphatic heterocycles. The van der Waals surface area contributed by atoms with Crippen molar-refractivity contribution in [1.82, 2.24) is 14.9 Å². The molecule has 0 spiro atoms. The van der Waals surface area contributed by atoms with Gasteiger partial charge in [-0.1, -0.05) is 60.7 Å². The van der Waals surface area contributed by atoms with Gasteiger partial charge in [-0.15, -0.1) is 0 Å². The Morgan fingerprint density at radius 1 is 1.04 bits per heavy atom. The van der Waals surface area contributed by atoms with E-state index in [9.17, 15) is 9.59 Å². The Bertz CT molecular complexity index is 984. The lowest BCUT2D eigenvalue weighted by atomic mass is 10.2. The van der Waals surface area contributed by atoms with E-state index in [1.165, 1.54) is 10.6 Å². The Labute approximate surface area is 164 Å². The molecule has 0 aliphatic rings. The van der Waals surface area contributed by atoms with Crippen molar-refractivity contribution in [1.29, 1.82) is 0 Å². The van der Waals surface area contributed by atoms with Crippen LogP contribution in [0.15, 0.2) is 71.5 Å². The minimum absolute atomic E-state index is 0.0760. The molecule has 1 amide bonds. The van der Waals surface area contributed by atoms with Gasteiger partial charge in [-0.05, 0) is 18.1 Å². The summed E-state index contributed by atoms with van der Waals surface area (Å²) in [6, 6.07) is 21.0. The van der Waals surface area contributed by atoms with Crippen LogP contribution in [0.2, 0.25) is 0 Å². The minimum Gasteiger partial charge on any atom is -0.350 e. The van der Waals surface area contributed by atoms with Gasteiger partial charge in [-0.3, -0.25) is 14.2 Å². The van der Waals surface area contributed by atoms with E-state index in [4.69, 9.17) is 0 Å². The van der Waals surface area contributed by atoms with Crippen molar-refractivity contribution in [2.45, 2.75) is 26.6 Å². The molecule has 0 aliphatic carbocycles. The van der Waals surface area contributed by atoms with E-state index < -0.39 is 0 Å². The molecule has 0 saturated carbocycles. The van der Waals surface area contributed by atoms with Gasteiger partial charge in [0.25, 0.3) is 5.56 Å². The number of rotatable bonds is 7. The molecule has 3 aromatic rings. The molecule has 0 unspecified atom stereocenters. The first kappa shape index (κ1) is 19.4. The van der Waals surface area contributed by atoms with Gasteiger partial charge in [0.05, 0.1) is 0 Å². The molecular weight excluding hydrogens is 352 g/mol. The number of aromatic nitrogens is 2. The van der Waals surface area contributed by atoms with Crippen LogP contribution in [0.4, 0.5) is 5.95 Å². The quantitative estimate of drug-likeness (QED) is 0.688. The fourth-order valence-electron chi connectivity index (χ4n) is 2.97. The number of aryl methyl sites for hydroxylation is 1. The van der Waals surface area contributed by atoms with Crippen LogP contribution in [-0.2, 0) is 24.4 Å². The molecule has 6 heteroatoms. The van der Waals surface area contributed by atoms with Gasteiger partial charge in [0, 0.05) is 31.9 Å². The summed E-state index contributed by atoms with van der Waals surface area (Å²) in [5.41, 5.74) is 2.49. The summed E-state index contributed by atoms with van der Waals surface area (Å²) in [7, 11) is 1.87. The van der Waals surface area contributed by atoms with E-state index in [2.05, 4.69) is 10.3 Å². The van der Waals surface area contributed by atoms with E-state index in [1.807, 2.05) is 72.6 Å². The molecule has 28 heavy (non-hydrogen) atoms. The number of hydrogen-bond donors (Lipinski definition) is 1. The van der Waals surface area contributed by atoms with Gasteiger partial charge in [-0.25, -0.2) is 4.98 Å². The predicted octanol–water partition coefficient (Wildman–Crippen LogP) is 2.50. The van der Waals surface area contributed by atoms with Crippen LogP contribution in [0.1, 0.15) is 16.8 Å². The minimum atomic E-state index is -0.239. The topological polar surface area (TPSA) is 67.2 Å². The maximum absolute atomic E-state index is 12.5. The highest BCUT2D eigenvalue weighted by Crippen LogP contribution is 2.12. The van der Waals surface area contributed by atoms with Crippen LogP contribution in [0.3, 0.4) is 0 Å². The van der Waals surface area contributed by atoms with Crippen LogP contribution in [0, 0.1) is 6.92 Å². The third-order valence-electron chi connectivity index (χ3n) is 4.35. The maximum atomic E-state index is 12.5. The molecule has 3 rings (SSSR count). The Balaban J connectivity index is 1.76. The maximum Gasteiger partial charge on any atom is 0.255 e. The molecule has 0 saturated heterocycles. The van der Waals surface area contributed by atoms with Crippen LogP contribution < -0.4 is 15.8 Å². The van der Waals surface area contributed by atoms with E-state index in [0.717, 1.165) is 11.1 Å². The summed E-state index contributed by atoms with van der Waals surface area (Å²) in [5.74, 6) is 0.245. The van der Waals surface area contributed by atoms with Crippen molar-refractivity contribution >= 4 is 11.9 Å². The average molecular weight is 376 g/mol. The number of nitrogens with one attached hydrogen (secondary N) is 1. The molecule has 144 valence electrons. The zero-order chi connectivity index (χ0) is 19.9. The Morgan fingerprint density at radius 2 is 1.64 bits per heavy atom. The summed E-state index contributed by atoms with van der Waals surface area (Å²) >= 11 is 0. The number of anilines is 1. The average Bonchev–Trinajstić information content (AvgIpc) is 2.70. The lowest BCUT2D eigenvalue weighted by Crippen LogP contribution is -2.36. The number of carbonyl (C=O) groups excluding carboxylic acids is 1. The number of amides is 1. The summed E-state index contributed by atoms with van der Waals surface area (Å²) in [5, 5.41) is 2.86. The molecular formula is C22H24N4O2. The smallest absolute Gasteiger partial charge is 0.255 e.